The molecule has 7 N–H and O–H groups in total. The van der Waals surface area contributed by atoms with Gasteiger partial charge in [0.15, 0.2) is 5.96 Å². The second kappa shape index (κ2) is 12.7. The van der Waals surface area contributed by atoms with Crippen molar-refractivity contribution < 1.29 is 23.9 Å². The number of hydrogen-bond acceptors (Lipinski definition) is 7. The molecular weight excluding hydrogens is 456 g/mol. The van der Waals surface area contributed by atoms with E-state index in [4.69, 9.17) is 21.9 Å². The van der Waals surface area contributed by atoms with Gasteiger partial charge in [0, 0.05) is 32.7 Å². The first kappa shape index (κ1) is 26.7. The van der Waals surface area contributed by atoms with Crippen molar-refractivity contribution in [2.75, 3.05) is 52.5 Å². The molecule has 196 valence electrons. The van der Waals surface area contributed by atoms with Gasteiger partial charge in [0.25, 0.3) is 0 Å². The minimum Gasteiger partial charge on any atom is -0.378 e. The standard InChI is InChI=1S/C22H38N8O5/c23-14-18(31)29-8-2-5-16(29)19(32)27-15(4-1-7-26-22(24)25)20(33)30-9-3-6-17(30)21(34)28-10-12-35-13-11-28/h15-17H,1-14,23H2,(H,27,32)(H4,24,25,26)/t15-,16-,17-/m0/s1. The minimum atomic E-state index is -0.856. The number of rotatable bonds is 9. The SMILES string of the molecule is NCC(=O)N1CCC[C@H]1C(=O)N[C@@H](CCCN=C(N)N)C(=O)N1CCC[C@H]1C(=O)N1CCOCC1. The molecule has 3 atom stereocenters. The highest BCUT2D eigenvalue weighted by atomic mass is 16.5. The van der Waals surface area contributed by atoms with Crippen LogP contribution in [0, 0.1) is 0 Å². The lowest BCUT2D eigenvalue weighted by Gasteiger charge is -2.34. The summed E-state index contributed by atoms with van der Waals surface area (Å²) in [7, 11) is 0. The van der Waals surface area contributed by atoms with Crippen LogP contribution in [-0.4, -0.2) is 115 Å². The van der Waals surface area contributed by atoms with E-state index in [-0.39, 0.29) is 36.1 Å². The maximum Gasteiger partial charge on any atom is 0.245 e. The molecule has 3 aliphatic heterocycles. The molecule has 0 radical (unpaired) electrons. The third-order valence-electron chi connectivity index (χ3n) is 6.75. The van der Waals surface area contributed by atoms with Gasteiger partial charge in [0.05, 0.1) is 19.8 Å². The molecule has 13 heteroatoms. The number of likely N-dealkylation sites (tertiary alicyclic amines) is 2. The predicted octanol–water partition coefficient (Wildman–Crippen LogP) is -2.68. The van der Waals surface area contributed by atoms with Crippen LogP contribution in [0.25, 0.3) is 0 Å². The Kier molecular flexibility index (Phi) is 9.66. The maximum atomic E-state index is 13.6. The lowest BCUT2D eigenvalue weighted by Crippen LogP contribution is -2.57. The Morgan fingerprint density at radius 2 is 1.63 bits per heavy atom. The predicted molar refractivity (Wildman–Crippen MR) is 128 cm³/mol. The Bertz CT molecular complexity index is 812. The van der Waals surface area contributed by atoms with E-state index in [2.05, 4.69) is 10.3 Å². The number of amides is 4. The largest absolute Gasteiger partial charge is 0.378 e. The summed E-state index contributed by atoms with van der Waals surface area (Å²) in [6.07, 6.45) is 3.25. The van der Waals surface area contributed by atoms with Crippen molar-refractivity contribution >= 4 is 29.6 Å². The van der Waals surface area contributed by atoms with Crippen LogP contribution in [0.1, 0.15) is 38.5 Å². The van der Waals surface area contributed by atoms with E-state index in [1.807, 2.05) is 0 Å². The Morgan fingerprint density at radius 1 is 0.971 bits per heavy atom. The molecule has 0 aliphatic carbocycles. The van der Waals surface area contributed by atoms with Crippen LogP contribution in [-0.2, 0) is 23.9 Å². The number of nitrogens with zero attached hydrogens (tertiary/aromatic N) is 4. The van der Waals surface area contributed by atoms with Crippen LogP contribution in [0.5, 0.6) is 0 Å². The number of ether oxygens (including phenoxy) is 1. The fraction of sp³-hybridized carbons (Fsp3) is 0.773. The highest BCUT2D eigenvalue weighted by Crippen LogP contribution is 2.23. The first-order valence-electron chi connectivity index (χ1n) is 12.4. The zero-order valence-corrected chi connectivity index (χ0v) is 20.2. The third kappa shape index (κ3) is 6.82. The van der Waals surface area contributed by atoms with Crippen LogP contribution in [0.3, 0.4) is 0 Å². The number of aliphatic imine (C=N–C) groups is 1. The van der Waals surface area contributed by atoms with Crippen molar-refractivity contribution in [3.63, 3.8) is 0 Å². The fourth-order valence-electron chi connectivity index (χ4n) is 4.97. The van der Waals surface area contributed by atoms with E-state index < -0.39 is 18.1 Å². The molecule has 13 nitrogen and oxygen atoms in total. The maximum absolute atomic E-state index is 13.6. The highest BCUT2D eigenvalue weighted by molar-refractivity contribution is 5.95. The molecule has 0 saturated carbocycles. The summed E-state index contributed by atoms with van der Waals surface area (Å²) in [5.74, 6) is -1.12. The lowest BCUT2D eigenvalue weighted by molar-refractivity contribution is -0.148. The summed E-state index contributed by atoms with van der Waals surface area (Å²) in [6.45, 7) is 3.00. The summed E-state index contributed by atoms with van der Waals surface area (Å²) in [4.78, 5) is 60.8. The minimum absolute atomic E-state index is 0.0467. The summed E-state index contributed by atoms with van der Waals surface area (Å²) in [5.41, 5.74) is 16.3. The molecule has 35 heavy (non-hydrogen) atoms. The van der Waals surface area contributed by atoms with Gasteiger partial charge in [0.1, 0.15) is 18.1 Å². The van der Waals surface area contributed by atoms with Gasteiger partial charge < -0.3 is 42.0 Å². The number of guanidine groups is 1. The van der Waals surface area contributed by atoms with Crippen molar-refractivity contribution in [2.45, 2.75) is 56.7 Å². The van der Waals surface area contributed by atoms with Crippen molar-refractivity contribution in [3.8, 4) is 0 Å². The van der Waals surface area contributed by atoms with Gasteiger partial charge in [-0.25, -0.2) is 0 Å². The van der Waals surface area contributed by atoms with Crippen LogP contribution in [0.4, 0.5) is 0 Å². The number of morpholine rings is 1. The van der Waals surface area contributed by atoms with Crippen molar-refractivity contribution in [2.24, 2.45) is 22.2 Å². The van der Waals surface area contributed by atoms with Crippen LogP contribution < -0.4 is 22.5 Å². The summed E-state index contributed by atoms with van der Waals surface area (Å²) in [6, 6.07) is -2.08. The van der Waals surface area contributed by atoms with Crippen molar-refractivity contribution in [1.82, 2.24) is 20.0 Å². The molecule has 0 aromatic heterocycles. The zero-order chi connectivity index (χ0) is 25.4. The van der Waals surface area contributed by atoms with Crippen LogP contribution in [0.2, 0.25) is 0 Å². The Labute approximate surface area is 205 Å². The van der Waals surface area contributed by atoms with Gasteiger partial charge in [0.2, 0.25) is 23.6 Å². The molecule has 0 unspecified atom stereocenters. The number of carbonyl (C=O) groups excluding carboxylic acids is 4. The topological polar surface area (TPSA) is 190 Å². The number of carbonyl (C=O) groups is 4. The Balaban J connectivity index is 1.71. The molecule has 4 amide bonds. The second-order valence-electron chi connectivity index (χ2n) is 9.09. The fourth-order valence-corrected chi connectivity index (χ4v) is 4.97. The van der Waals surface area contributed by atoms with E-state index in [0.717, 1.165) is 0 Å². The van der Waals surface area contributed by atoms with E-state index >= 15 is 0 Å². The monoisotopic (exact) mass is 494 g/mol. The van der Waals surface area contributed by atoms with Crippen LogP contribution >= 0.6 is 0 Å². The van der Waals surface area contributed by atoms with Gasteiger partial charge in [-0.3, -0.25) is 24.2 Å². The first-order valence-corrected chi connectivity index (χ1v) is 12.4. The normalized spacial score (nSPS) is 23.2. The molecule has 0 bridgehead atoms. The van der Waals surface area contributed by atoms with E-state index in [0.29, 0.717) is 84.5 Å². The highest BCUT2D eigenvalue weighted by Gasteiger charge is 2.41. The molecule has 3 aliphatic rings. The summed E-state index contributed by atoms with van der Waals surface area (Å²) < 4.78 is 5.34. The Hall–Kier alpha value is -2.93. The van der Waals surface area contributed by atoms with Gasteiger partial charge in [-0.05, 0) is 38.5 Å². The molecular formula is C22H38N8O5. The van der Waals surface area contributed by atoms with Gasteiger partial charge in [-0.1, -0.05) is 0 Å². The quantitative estimate of drug-likeness (QED) is 0.151. The molecule has 0 aromatic rings. The summed E-state index contributed by atoms with van der Waals surface area (Å²) in [5, 5.41) is 2.85. The zero-order valence-electron chi connectivity index (χ0n) is 20.2. The average molecular weight is 495 g/mol. The first-order chi connectivity index (χ1) is 16.8. The number of hydrogen-bond donors (Lipinski definition) is 4. The summed E-state index contributed by atoms with van der Waals surface area (Å²) >= 11 is 0. The lowest BCUT2D eigenvalue weighted by atomic mass is 10.1. The molecule has 3 heterocycles. The van der Waals surface area contributed by atoms with E-state index in [1.54, 1.807) is 9.80 Å². The van der Waals surface area contributed by atoms with Gasteiger partial charge in [-0.15, -0.1) is 0 Å². The third-order valence-corrected chi connectivity index (χ3v) is 6.75. The van der Waals surface area contributed by atoms with Gasteiger partial charge >= 0.3 is 0 Å². The number of nitrogens with one attached hydrogen (secondary N) is 1. The van der Waals surface area contributed by atoms with Crippen LogP contribution in [0.15, 0.2) is 4.99 Å². The molecule has 0 aromatic carbocycles. The van der Waals surface area contributed by atoms with Crippen molar-refractivity contribution in [3.05, 3.63) is 0 Å². The molecule has 3 saturated heterocycles. The van der Waals surface area contributed by atoms with Crippen molar-refractivity contribution in [1.29, 1.82) is 0 Å². The Morgan fingerprint density at radius 3 is 2.29 bits per heavy atom. The molecule has 0 spiro atoms. The number of nitrogens with two attached hydrogens (primary N) is 3. The smallest absolute Gasteiger partial charge is 0.245 e. The van der Waals surface area contributed by atoms with E-state index in [9.17, 15) is 19.2 Å². The van der Waals surface area contributed by atoms with Gasteiger partial charge in [-0.2, -0.15) is 0 Å². The van der Waals surface area contributed by atoms with E-state index in [1.165, 1.54) is 4.90 Å². The molecule has 3 fully saturated rings. The molecule has 3 rings (SSSR count). The second-order valence-corrected chi connectivity index (χ2v) is 9.09. The average Bonchev–Trinajstić information content (AvgIpc) is 3.55.